The molecule has 0 spiro atoms. The van der Waals surface area contributed by atoms with Crippen molar-refractivity contribution in [2.24, 2.45) is 5.10 Å². The van der Waals surface area contributed by atoms with E-state index in [1.54, 1.807) is 49.6 Å². The van der Waals surface area contributed by atoms with Gasteiger partial charge in [0.15, 0.2) is 0 Å². The highest BCUT2D eigenvalue weighted by Gasteiger charge is 2.14. The van der Waals surface area contributed by atoms with Crippen molar-refractivity contribution in [3.8, 4) is 0 Å². The number of nitrogens with zero attached hydrogens (tertiary/aromatic N) is 1. The highest BCUT2D eigenvalue weighted by atomic mass is 16.3. The van der Waals surface area contributed by atoms with Crippen LogP contribution in [0.25, 0.3) is 0 Å². The molecule has 0 fully saturated rings. The molecule has 6 heteroatoms. The molecule has 0 saturated heterocycles. The number of rotatable bonds is 5. The Labute approximate surface area is 176 Å². The van der Waals surface area contributed by atoms with E-state index in [9.17, 15) is 9.59 Å². The number of furan rings is 1. The molecule has 2 amide bonds. The fraction of sp³-hybridized carbons (Fsp3) is 0.208. The normalized spacial score (nSPS) is 11.8. The summed E-state index contributed by atoms with van der Waals surface area (Å²) in [5.74, 6) is 0.0341. The van der Waals surface area contributed by atoms with Gasteiger partial charge in [-0.1, -0.05) is 32.9 Å². The van der Waals surface area contributed by atoms with E-state index in [2.05, 4.69) is 36.6 Å². The Morgan fingerprint density at radius 2 is 1.47 bits per heavy atom. The maximum absolute atomic E-state index is 12.5. The van der Waals surface area contributed by atoms with Crippen LogP contribution in [0.1, 0.15) is 59.7 Å². The maximum atomic E-state index is 12.5. The van der Waals surface area contributed by atoms with Crippen LogP contribution in [0.4, 0.5) is 5.69 Å². The summed E-state index contributed by atoms with van der Waals surface area (Å²) in [7, 11) is 0. The number of anilines is 1. The van der Waals surface area contributed by atoms with Crippen LogP contribution in [-0.4, -0.2) is 17.5 Å². The Morgan fingerprint density at radius 1 is 0.867 bits per heavy atom. The Hall–Kier alpha value is -3.67. The molecule has 2 N–H and O–H groups in total. The molecular formula is C24H25N3O3. The lowest BCUT2D eigenvalue weighted by Gasteiger charge is -2.19. The zero-order valence-corrected chi connectivity index (χ0v) is 17.5. The zero-order valence-electron chi connectivity index (χ0n) is 17.5. The summed E-state index contributed by atoms with van der Waals surface area (Å²) >= 11 is 0. The summed E-state index contributed by atoms with van der Waals surface area (Å²) in [6.07, 6.45) is 1.54. The van der Waals surface area contributed by atoms with Gasteiger partial charge in [0, 0.05) is 16.8 Å². The molecular weight excluding hydrogens is 378 g/mol. The van der Waals surface area contributed by atoms with E-state index in [0.29, 0.717) is 28.3 Å². The first-order valence-corrected chi connectivity index (χ1v) is 9.64. The minimum atomic E-state index is -0.350. The fourth-order valence-electron chi connectivity index (χ4n) is 2.77. The average molecular weight is 403 g/mol. The fourth-order valence-corrected chi connectivity index (χ4v) is 2.77. The molecule has 154 valence electrons. The second-order valence-corrected chi connectivity index (χ2v) is 7.97. The van der Waals surface area contributed by atoms with Gasteiger partial charge in [-0.2, -0.15) is 5.10 Å². The first-order valence-electron chi connectivity index (χ1n) is 9.64. The number of carbonyl (C=O) groups excluding carboxylic acids is 2. The minimum absolute atomic E-state index is 0.0337. The van der Waals surface area contributed by atoms with Gasteiger partial charge >= 0.3 is 0 Å². The molecule has 1 aromatic heterocycles. The highest BCUT2D eigenvalue weighted by molar-refractivity contribution is 6.04. The topological polar surface area (TPSA) is 83.7 Å². The molecule has 6 nitrogen and oxygen atoms in total. The summed E-state index contributed by atoms with van der Waals surface area (Å²) < 4.78 is 5.22. The van der Waals surface area contributed by atoms with E-state index in [1.807, 2.05) is 24.3 Å². The van der Waals surface area contributed by atoms with Crippen molar-refractivity contribution in [1.29, 1.82) is 0 Å². The van der Waals surface area contributed by atoms with Gasteiger partial charge in [0.05, 0.1) is 6.26 Å². The first kappa shape index (κ1) is 21.0. The van der Waals surface area contributed by atoms with Crippen molar-refractivity contribution in [2.75, 3.05) is 5.32 Å². The molecule has 0 atom stereocenters. The van der Waals surface area contributed by atoms with Crippen LogP contribution in [0.2, 0.25) is 0 Å². The molecule has 0 unspecified atom stereocenters. The van der Waals surface area contributed by atoms with E-state index >= 15 is 0 Å². The summed E-state index contributed by atoms with van der Waals surface area (Å²) in [5, 5.41) is 6.87. The highest BCUT2D eigenvalue weighted by Crippen LogP contribution is 2.22. The van der Waals surface area contributed by atoms with Crippen molar-refractivity contribution < 1.29 is 14.0 Å². The van der Waals surface area contributed by atoms with Crippen molar-refractivity contribution in [3.05, 3.63) is 89.4 Å². The van der Waals surface area contributed by atoms with Gasteiger partial charge in [-0.05, 0) is 66.4 Å². The quantitative estimate of drug-likeness (QED) is 0.465. The summed E-state index contributed by atoms with van der Waals surface area (Å²) in [5.41, 5.74) is 5.87. The van der Waals surface area contributed by atoms with Crippen LogP contribution >= 0.6 is 0 Å². The van der Waals surface area contributed by atoms with Gasteiger partial charge in [-0.25, -0.2) is 5.43 Å². The zero-order chi connectivity index (χ0) is 21.7. The van der Waals surface area contributed by atoms with E-state index in [4.69, 9.17) is 4.42 Å². The van der Waals surface area contributed by atoms with E-state index < -0.39 is 0 Å². The van der Waals surface area contributed by atoms with Gasteiger partial charge in [0.2, 0.25) is 0 Å². The smallest absolute Gasteiger partial charge is 0.271 e. The Morgan fingerprint density at radius 3 is 2.03 bits per heavy atom. The number of hydrogen-bond donors (Lipinski definition) is 2. The molecule has 0 aliphatic carbocycles. The Bertz CT molecular complexity index is 1040. The number of amides is 2. The van der Waals surface area contributed by atoms with Gasteiger partial charge in [-0.15, -0.1) is 0 Å². The van der Waals surface area contributed by atoms with Crippen LogP contribution in [0.5, 0.6) is 0 Å². The van der Waals surface area contributed by atoms with Gasteiger partial charge < -0.3 is 9.73 Å². The van der Waals surface area contributed by atoms with Gasteiger partial charge in [0.1, 0.15) is 11.5 Å². The second-order valence-electron chi connectivity index (χ2n) is 7.97. The molecule has 0 radical (unpaired) electrons. The molecule has 2 aromatic carbocycles. The molecule has 0 saturated carbocycles. The maximum Gasteiger partial charge on any atom is 0.271 e. The molecule has 3 aromatic rings. The predicted octanol–water partition coefficient (Wildman–Crippen LogP) is 4.98. The Balaban J connectivity index is 1.60. The lowest BCUT2D eigenvalue weighted by Crippen LogP contribution is -2.19. The average Bonchev–Trinajstić information content (AvgIpc) is 3.27. The van der Waals surface area contributed by atoms with E-state index in [0.717, 1.165) is 0 Å². The van der Waals surface area contributed by atoms with E-state index in [-0.39, 0.29) is 17.2 Å². The van der Waals surface area contributed by atoms with Crippen molar-refractivity contribution in [3.63, 3.8) is 0 Å². The van der Waals surface area contributed by atoms with Crippen molar-refractivity contribution >= 4 is 23.2 Å². The Kier molecular flexibility index (Phi) is 6.16. The largest absolute Gasteiger partial charge is 0.463 e. The monoisotopic (exact) mass is 403 g/mol. The first-order chi connectivity index (χ1) is 14.2. The molecule has 30 heavy (non-hydrogen) atoms. The molecule has 0 bridgehead atoms. The van der Waals surface area contributed by atoms with Crippen LogP contribution in [-0.2, 0) is 5.41 Å². The van der Waals surface area contributed by atoms with E-state index in [1.165, 1.54) is 5.56 Å². The third kappa shape index (κ3) is 5.23. The van der Waals surface area contributed by atoms with Crippen LogP contribution in [0.15, 0.2) is 76.4 Å². The number of carbonyl (C=O) groups is 2. The third-order valence-corrected chi connectivity index (χ3v) is 4.62. The van der Waals surface area contributed by atoms with Crippen molar-refractivity contribution in [2.45, 2.75) is 33.1 Å². The van der Waals surface area contributed by atoms with Crippen LogP contribution < -0.4 is 10.7 Å². The number of nitrogens with one attached hydrogen (secondary N) is 2. The van der Waals surface area contributed by atoms with Crippen LogP contribution in [0, 0.1) is 0 Å². The second kappa shape index (κ2) is 8.78. The SMILES string of the molecule is CC(=NNC(=O)c1ccc(NC(=O)c2ccc(C(C)(C)C)cc2)cc1)c1ccco1. The minimum Gasteiger partial charge on any atom is -0.463 e. The summed E-state index contributed by atoms with van der Waals surface area (Å²) in [4.78, 5) is 24.7. The van der Waals surface area contributed by atoms with Crippen molar-refractivity contribution in [1.82, 2.24) is 5.43 Å². The van der Waals surface area contributed by atoms with Gasteiger partial charge in [0.25, 0.3) is 11.8 Å². The van der Waals surface area contributed by atoms with Crippen LogP contribution in [0.3, 0.4) is 0 Å². The standard InChI is InChI=1S/C24H25N3O3/c1-16(21-6-5-15-30-21)26-27-23(29)18-9-13-20(14-10-18)25-22(28)17-7-11-19(12-8-17)24(2,3)4/h5-15H,1-4H3,(H,25,28)(H,27,29). The third-order valence-electron chi connectivity index (χ3n) is 4.62. The molecule has 3 rings (SSSR count). The molecule has 0 aliphatic heterocycles. The lowest BCUT2D eigenvalue weighted by molar-refractivity contribution is 0.0954. The molecule has 0 aliphatic rings. The van der Waals surface area contributed by atoms with Gasteiger partial charge in [-0.3, -0.25) is 9.59 Å². The number of benzene rings is 2. The lowest BCUT2D eigenvalue weighted by atomic mass is 9.87. The summed E-state index contributed by atoms with van der Waals surface area (Å²) in [6.45, 7) is 8.13. The molecule has 1 heterocycles. The summed E-state index contributed by atoms with van der Waals surface area (Å²) in [6, 6.07) is 17.7. The number of hydrogen-bond acceptors (Lipinski definition) is 4. The predicted molar refractivity (Wildman–Crippen MR) is 118 cm³/mol. The number of hydrazone groups is 1.